The number of imidazole rings is 1. The van der Waals surface area contributed by atoms with Gasteiger partial charge in [-0.3, -0.25) is 14.0 Å². The highest BCUT2D eigenvalue weighted by molar-refractivity contribution is 4.91. The predicted molar refractivity (Wildman–Crippen MR) is 380 cm³/mol. The van der Waals surface area contributed by atoms with Gasteiger partial charge in [-0.15, -0.1) is 30.6 Å². The van der Waals surface area contributed by atoms with Crippen molar-refractivity contribution >= 4 is 0 Å². The van der Waals surface area contributed by atoms with Crippen LogP contribution in [-0.2, 0) is 0 Å². The van der Waals surface area contributed by atoms with E-state index in [-0.39, 0.29) is 0 Å². The molecular weight excluding hydrogens is 1130 g/mol. The predicted octanol–water partition coefficient (Wildman–Crippen LogP) is 18.2. The van der Waals surface area contributed by atoms with Crippen LogP contribution in [0.4, 0.5) is 0 Å². The molecule has 0 radical (unpaired) electrons. The van der Waals surface area contributed by atoms with Crippen LogP contribution < -0.4 is 0 Å². The van der Waals surface area contributed by atoms with E-state index in [0.717, 1.165) is 0 Å². The molecule has 90 heavy (non-hydrogen) atoms. The quantitative estimate of drug-likeness (QED) is 0.130. The van der Waals surface area contributed by atoms with Crippen LogP contribution in [0, 0.1) is 0 Å². The third-order valence-electron chi connectivity index (χ3n) is 8.99. The zero-order valence-corrected chi connectivity index (χ0v) is 63.9. The molecule has 0 aliphatic rings. The van der Waals surface area contributed by atoms with Gasteiger partial charge in [0.05, 0.1) is 37.0 Å². The van der Waals surface area contributed by atoms with Crippen molar-refractivity contribution in [2.45, 2.75) is 304 Å². The lowest BCUT2D eigenvalue weighted by atomic mass is 10.4. The van der Waals surface area contributed by atoms with Crippen molar-refractivity contribution in [3.8, 4) is 0 Å². The van der Waals surface area contributed by atoms with Gasteiger partial charge in [0, 0.05) is 85.7 Å². The molecule has 9 aromatic heterocycles. The molecule has 0 aliphatic carbocycles. The van der Waals surface area contributed by atoms with E-state index in [2.05, 4.69) is 186 Å². The molecule has 0 N–H and O–H groups in total. The van der Waals surface area contributed by atoms with Crippen molar-refractivity contribution in [2.75, 3.05) is 0 Å². The minimum Gasteiger partial charge on any atom is -0.352 e. The number of nitrogens with zero attached hydrogens (tertiary/aromatic N) is 25. The monoisotopic (exact) mass is 1270 g/mol. The van der Waals surface area contributed by atoms with Gasteiger partial charge in [-0.25, -0.2) is 14.6 Å². The van der Waals surface area contributed by atoms with Gasteiger partial charge in [0.15, 0.2) is 6.33 Å². The molecule has 0 unspecified atom stereocenters. The lowest BCUT2D eigenvalue weighted by Gasteiger charge is -2.03. The number of hydrogen-bond acceptors (Lipinski definition) is 16. The normalized spacial score (nSPS) is 8.90. The van der Waals surface area contributed by atoms with Gasteiger partial charge in [-0.05, 0) is 158 Å². The Bertz CT molecular complexity index is 1840. The van der Waals surface area contributed by atoms with Crippen LogP contribution in [0.3, 0.4) is 0 Å². The summed E-state index contributed by atoms with van der Waals surface area (Å²) in [7, 11) is 0. The maximum absolute atomic E-state index is 4.03. The third kappa shape index (κ3) is 60.7. The zero-order chi connectivity index (χ0) is 71.8. The Kier molecular flexibility index (Phi) is 87.3. The van der Waals surface area contributed by atoms with E-state index < -0.39 is 0 Å². The first kappa shape index (κ1) is 101. The Morgan fingerprint density at radius 3 is 0.900 bits per heavy atom. The Balaban J connectivity index is -0.000000113. The van der Waals surface area contributed by atoms with E-state index >= 15 is 0 Å². The van der Waals surface area contributed by atoms with E-state index in [1.807, 2.05) is 219 Å². The van der Waals surface area contributed by atoms with Gasteiger partial charge >= 0.3 is 0 Å². The molecule has 0 spiro atoms. The molecule has 9 rings (SSSR count). The molecule has 0 amide bonds. The minimum atomic E-state index is 0.317. The summed E-state index contributed by atoms with van der Waals surface area (Å²) in [5.41, 5.74) is 0. The van der Waals surface area contributed by atoms with Crippen molar-refractivity contribution < 1.29 is 0 Å². The van der Waals surface area contributed by atoms with E-state index in [0.29, 0.717) is 54.4 Å². The molecule has 0 aliphatic heterocycles. The summed E-state index contributed by atoms with van der Waals surface area (Å²) in [4.78, 5) is 10.9. The van der Waals surface area contributed by atoms with Gasteiger partial charge in [0.2, 0.25) is 0 Å². The summed E-state index contributed by atoms with van der Waals surface area (Å²) >= 11 is 0. The molecule has 9 heterocycles. The topological polar surface area (TPSA) is 251 Å². The van der Waals surface area contributed by atoms with Gasteiger partial charge < -0.3 is 13.7 Å². The molecule has 0 bridgehead atoms. The second-order valence-electron chi connectivity index (χ2n) is 18.0. The molecule has 9 aromatic rings. The lowest BCUT2D eigenvalue weighted by Crippen LogP contribution is -2.04. The van der Waals surface area contributed by atoms with Gasteiger partial charge in [0.25, 0.3) is 0 Å². The number of aromatic nitrogens is 25. The fraction of sp³-hybridized carbons (Fsp3) is 0.692. The lowest BCUT2D eigenvalue weighted by molar-refractivity contribution is 0.455. The molecule has 522 valence electrons. The van der Waals surface area contributed by atoms with Crippen molar-refractivity contribution in [1.82, 2.24) is 124 Å². The largest absolute Gasteiger partial charge is 0.352 e. The SMILES string of the molecule is CC.CC.CC.CC.CC.CC.CC.CC.CC.CC(C)n1cccc1.CC(C)n1cccn1.CC(C)n1ccnc1.CC(C)n1ccnn1.CC(C)n1cncn1.CC(C)n1cnnc1.CC(C)n1cnnn1.CC(C)n1nccn1.CC(C)n1ncnn1. The fourth-order valence-electron chi connectivity index (χ4n) is 4.61. The van der Waals surface area contributed by atoms with Crippen LogP contribution in [0.15, 0.2) is 124 Å². The van der Waals surface area contributed by atoms with Crippen LogP contribution in [-0.4, -0.2) is 124 Å². The standard InChI is InChI=1S/C7H11N.2C6H10N2.4C5H9N3.2C4H8N4.9C2H6/c1-7(2)8-5-3-4-6-8;1-6(2)8-4-3-7-5-8;1-6(2)8-5-3-4-7-8;1-5(2)8-3-6-7-4-8;1-5(2)8-4-6-3-7-8;1-5(2)8-4-3-6-7-8;1-5(2)8-6-3-4-7-8;1-4(2)8-3-5-6-7-8;1-4(2)8-6-3-5-7-8;9*1-2/h3-7H,1-2H3;2*3-6H,1-2H3;4*3-5H,1-2H3;2*3-4H,1-2H3;9*1-2H3. The second-order valence-corrected chi connectivity index (χ2v) is 18.0. The number of rotatable bonds is 9. The molecule has 25 nitrogen and oxygen atoms in total. The van der Waals surface area contributed by atoms with Crippen molar-refractivity contribution in [3.63, 3.8) is 0 Å². The van der Waals surface area contributed by atoms with Gasteiger partial charge in [0.1, 0.15) is 31.6 Å². The minimum absolute atomic E-state index is 0.317. The second kappa shape index (κ2) is 77.5. The Labute approximate surface area is 549 Å². The van der Waals surface area contributed by atoms with Gasteiger partial charge in [-0.1, -0.05) is 130 Å². The third-order valence-corrected chi connectivity index (χ3v) is 8.99. The van der Waals surface area contributed by atoms with E-state index in [1.165, 1.54) is 6.33 Å². The average molecular weight is 1270 g/mol. The number of tetrazole rings is 2. The fourth-order valence-corrected chi connectivity index (χ4v) is 4.61. The van der Waals surface area contributed by atoms with Crippen molar-refractivity contribution in [2.24, 2.45) is 0 Å². The van der Waals surface area contributed by atoms with Crippen LogP contribution in [0.5, 0.6) is 0 Å². The number of hydrogen-bond donors (Lipinski definition) is 0. The molecule has 25 heteroatoms. The molecule has 0 aromatic carbocycles. The highest BCUT2D eigenvalue weighted by atomic mass is 15.6. The Morgan fingerprint density at radius 2 is 0.700 bits per heavy atom. The van der Waals surface area contributed by atoms with Crippen molar-refractivity contribution in [3.05, 3.63) is 124 Å². The summed E-state index contributed by atoms with van der Waals surface area (Å²) in [6.07, 6.45) is 30.1. The van der Waals surface area contributed by atoms with Crippen LogP contribution >= 0.6 is 0 Å². The Hall–Kier alpha value is -7.60. The summed E-state index contributed by atoms with van der Waals surface area (Å²) in [5, 5.41) is 52.2. The Morgan fingerprint density at radius 1 is 0.233 bits per heavy atom. The van der Waals surface area contributed by atoms with Crippen molar-refractivity contribution in [1.29, 1.82) is 0 Å². The van der Waals surface area contributed by atoms with Crippen LogP contribution in [0.2, 0.25) is 0 Å². The molecule has 0 saturated heterocycles. The summed E-state index contributed by atoms with van der Waals surface area (Å²) < 4.78 is 13.4. The highest BCUT2D eigenvalue weighted by Gasteiger charge is 1.98. The maximum Gasteiger partial charge on any atom is 0.162 e. The summed E-state index contributed by atoms with van der Waals surface area (Å²) in [5.74, 6) is 0. The molecule has 0 saturated carbocycles. The average Bonchev–Trinajstić information content (AvgIpc) is 4.50. The first-order chi connectivity index (χ1) is 43.2. The zero-order valence-electron chi connectivity index (χ0n) is 63.9. The first-order valence-electron chi connectivity index (χ1n) is 33.2. The maximum atomic E-state index is 4.03. The van der Waals surface area contributed by atoms with Crippen LogP contribution in [0.25, 0.3) is 0 Å². The van der Waals surface area contributed by atoms with E-state index in [4.69, 9.17) is 0 Å². The molecule has 0 atom stereocenters. The van der Waals surface area contributed by atoms with Crippen LogP contribution in [0.1, 0.15) is 304 Å². The summed E-state index contributed by atoms with van der Waals surface area (Å²) in [6.45, 7) is 73.4. The summed E-state index contributed by atoms with van der Waals surface area (Å²) in [6, 6.07) is 10.0. The molecular formula is C65H137N25. The van der Waals surface area contributed by atoms with Gasteiger partial charge in [-0.2, -0.15) is 30.0 Å². The van der Waals surface area contributed by atoms with E-state index in [9.17, 15) is 0 Å². The van der Waals surface area contributed by atoms with E-state index in [1.54, 1.807) is 86.3 Å². The molecule has 0 fully saturated rings. The first-order valence-corrected chi connectivity index (χ1v) is 33.2. The highest BCUT2D eigenvalue weighted by Crippen LogP contribution is 2.03. The smallest absolute Gasteiger partial charge is 0.162 e.